The van der Waals surface area contributed by atoms with Crippen LogP contribution in [0.25, 0.3) is 0 Å². The van der Waals surface area contributed by atoms with Crippen molar-refractivity contribution in [1.29, 1.82) is 0 Å². The molecule has 1 aliphatic heterocycles. The van der Waals surface area contributed by atoms with Gasteiger partial charge in [0, 0.05) is 6.54 Å². The summed E-state index contributed by atoms with van der Waals surface area (Å²) >= 11 is 6.00. The molecule has 2 rings (SSSR count). The van der Waals surface area contributed by atoms with Gasteiger partial charge in [-0.1, -0.05) is 23.7 Å². The number of halogens is 1. The number of hydrogen-bond donors (Lipinski definition) is 1. The highest BCUT2D eigenvalue weighted by molar-refractivity contribution is 6.32. The predicted molar refractivity (Wildman–Crippen MR) is 58.0 cm³/mol. The topological polar surface area (TPSA) is 21.3 Å². The second-order valence-corrected chi connectivity index (χ2v) is 3.92. The van der Waals surface area contributed by atoms with Gasteiger partial charge in [0.25, 0.3) is 0 Å². The smallest absolute Gasteiger partial charge is 0.138 e. The largest absolute Gasteiger partial charge is 0.488 e. The monoisotopic (exact) mass is 211 g/mol. The van der Waals surface area contributed by atoms with Crippen molar-refractivity contribution in [3.63, 3.8) is 0 Å². The van der Waals surface area contributed by atoms with Gasteiger partial charge in [-0.25, -0.2) is 0 Å². The van der Waals surface area contributed by atoms with E-state index in [1.54, 1.807) is 0 Å². The van der Waals surface area contributed by atoms with Gasteiger partial charge in [0.05, 0.1) is 5.02 Å². The van der Waals surface area contributed by atoms with E-state index in [2.05, 4.69) is 5.32 Å². The maximum absolute atomic E-state index is 6.00. The molecular weight excluding hydrogens is 198 g/mol. The summed E-state index contributed by atoms with van der Waals surface area (Å²) in [5.41, 5.74) is 0. The van der Waals surface area contributed by atoms with E-state index in [4.69, 9.17) is 16.3 Å². The Morgan fingerprint density at radius 3 is 2.93 bits per heavy atom. The van der Waals surface area contributed by atoms with Crippen molar-refractivity contribution in [1.82, 2.24) is 5.32 Å². The molecule has 1 aromatic carbocycles. The molecule has 76 valence electrons. The van der Waals surface area contributed by atoms with Crippen molar-refractivity contribution >= 4 is 11.6 Å². The predicted octanol–water partition coefficient (Wildman–Crippen LogP) is 2.47. The minimum absolute atomic E-state index is 0.267. The van der Waals surface area contributed by atoms with Crippen molar-refractivity contribution in [3.05, 3.63) is 29.3 Å². The van der Waals surface area contributed by atoms with E-state index in [0.717, 1.165) is 25.3 Å². The minimum Gasteiger partial charge on any atom is -0.488 e. The van der Waals surface area contributed by atoms with E-state index in [9.17, 15) is 0 Å². The van der Waals surface area contributed by atoms with Gasteiger partial charge in [-0.2, -0.15) is 0 Å². The van der Waals surface area contributed by atoms with Gasteiger partial charge in [-0.3, -0.25) is 0 Å². The van der Waals surface area contributed by atoms with Gasteiger partial charge in [-0.15, -0.1) is 0 Å². The molecule has 1 atom stereocenters. The zero-order valence-electron chi connectivity index (χ0n) is 8.00. The van der Waals surface area contributed by atoms with E-state index in [0.29, 0.717) is 5.02 Å². The Bertz CT molecular complexity index is 297. The molecule has 0 unspecified atom stereocenters. The molecule has 14 heavy (non-hydrogen) atoms. The maximum atomic E-state index is 6.00. The summed E-state index contributed by atoms with van der Waals surface area (Å²) in [6.45, 7) is 2.02. The fraction of sp³-hybridized carbons (Fsp3) is 0.455. The highest BCUT2D eigenvalue weighted by Gasteiger charge is 2.15. The fourth-order valence-electron chi connectivity index (χ4n) is 1.64. The van der Waals surface area contributed by atoms with Gasteiger partial charge in [0.1, 0.15) is 11.9 Å². The summed E-state index contributed by atoms with van der Waals surface area (Å²) in [5, 5.41) is 4.00. The molecule has 1 heterocycles. The molecule has 3 heteroatoms. The highest BCUT2D eigenvalue weighted by Crippen LogP contribution is 2.25. The van der Waals surface area contributed by atoms with Crippen LogP contribution in [0.1, 0.15) is 12.8 Å². The first-order chi connectivity index (χ1) is 6.86. The Morgan fingerprint density at radius 2 is 2.21 bits per heavy atom. The SMILES string of the molecule is Clc1ccccc1O[C@@H]1CCCNC1. The second kappa shape index (κ2) is 4.67. The lowest BCUT2D eigenvalue weighted by Crippen LogP contribution is -2.37. The molecule has 0 radical (unpaired) electrons. The molecule has 1 N–H and O–H groups in total. The first-order valence-electron chi connectivity index (χ1n) is 4.98. The Labute approximate surface area is 89.2 Å². The van der Waals surface area contributed by atoms with Crippen molar-refractivity contribution in [2.45, 2.75) is 18.9 Å². The average Bonchev–Trinajstić information content (AvgIpc) is 2.23. The Morgan fingerprint density at radius 1 is 1.36 bits per heavy atom. The van der Waals surface area contributed by atoms with Crippen molar-refractivity contribution in [3.8, 4) is 5.75 Å². The van der Waals surface area contributed by atoms with E-state index >= 15 is 0 Å². The first kappa shape index (κ1) is 9.81. The summed E-state index contributed by atoms with van der Waals surface area (Å²) in [4.78, 5) is 0. The van der Waals surface area contributed by atoms with Crippen LogP contribution < -0.4 is 10.1 Å². The van der Waals surface area contributed by atoms with Crippen molar-refractivity contribution in [2.75, 3.05) is 13.1 Å². The normalized spacial score (nSPS) is 21.9. The molecule has 0 aromatic heterocycles. The molecule has 1 aliphatic rings. The summed E-state index contributed by atoms with van der Waals surface area (Å²) < 4.78 is 5.79. The molecule has 0 saturated carbocycles. The quantitative estimate of drug-likeness (QED) is 0.812. The summed E-state index contributed by atoms with van der Waals surface area (Å²) in [5.74, 6) is 0.794. The van der Waals surface area contributed by atoms with E-state index < -0.39 is 0 Å². The second-order valence-electron chi connectivity index (χ2n) is 3.52. The lowest BCUT2D eigenvalue weighted by molar-refractivity contribution is 0.167. The van der Waals surface area contributed by atoms with Crippen LogP contribution in [0.4, 0.5) is 0 Å². The fourth-order valence-corrected chi connectivity index (χ4v) is 1.82. The number of benzene rings is 1. The average molecular weight is 212 g/mol. The van der Waals surface area contributed by atoms with Crippen LogP contribution in [0.2, 0.25) is 5.02 Å². The molecule has 0 spiro atoms. The summed E-state index contributed by atoms with van der Waals surface area (Å²) in [7, 11) is 0. The van der Waals surface area contributed by atoms with Crippen LogP contribution in [0, 0.1) is 0 Å². The number of para-hydroxylation sites is 1. The van der Waals surface area contributed by atoms with Crippen LogP contribution in [0.3, 0.4) is 0 Å². The zero-order valence-corrected chi connectivity index (χ0v) is 8.76. The van der Waals surface area contributed by atoms with Crippen LogP contribution in [0.5, 0.6) is 5.75 Å². The van der Waals surface area contributed by atoms with E-state index in [1.165, 1.54) is 6.42 Å². The summed E-state index contributed by atoms with van der Waals surface area (Å²) in [6.07, 6.45) is 2.55. The molecular formula is C11H14ClNO. The molecule has 1 saturated heterocycles. The standard InChI is InChI=1S/C11H14ClNO/c12-10-5-1-2-6-11(10)14-9-4-3-7-13-8-9/h1-2,5-6,9,13H,3-4,7-8H2/t9-/m1/s1. The maximum Gasteiger partial charge on any atom is 0.138 e. The van der Waals surface area contributed by atoms with Gasteiger partial charge in [0.15, 0.2) is 0 Å². The van der Waals surface area contributed by atoms with Crippen molar-refractivity contribution in [2.24, 2.45) is 0 Å². The van der Waals surface area contributed by atoms with Crippen LogP contribution >= 0.6 is 11.6 Å². The van der Waals surface area contributed by atoms with Crippen LogP contribution in [0.15, 0.2) is 24.3 Å². The molecule has 2 nitrogen and oxygen atoms in total. The summed E-state index contributed by atoms with van der Waals surface area (Å²) in [6, 6.07) is 7.62. The number of nitrogens with one attached hydrogen (secondary N) is 1. The molecule has 1 aromatic rings. The number of ether oxygens (including phenoxy) is 1. The third kappa shape index (κ3) is 2.40. The van der Waals surface area contributed by atoms with Crippen LogP contribution in [-0.4, -0.2) is 19.2 Å². The number of hydrogen-bond acceptors (Lipinski definition) is 2. The Hall–Kier alpha value is -0.730. The zero-order chi connectivity index (χ0) is 9.80. The van der Waals surface area contributed by atoms with Crippen molar-refractivity contribution < 1.29 is 4.74 Å². The Balaban J connectivity index is 1.99. The molecule has 0 amide bonds. The third-order valence-corrected chi connectivity index (χ3v) is 2.69. The number of rotatable bonds is 2. The van der Waals surface area contributed by atoms with Gasteiger partial charge < -0.3 is 10.1 Å². The van der Waals surface area contributed by atoms with Gasteiger partial charge in [0.2, 0.25) is 0 Å². The van der Waals surface area contributed by atoms with Gasteiger partial charge >= 0.3 is 0 Å². The van der Waals surface area contributed by atoms with Gasteiger partial charge in [-0.05, 0) is 31.5 Å². The van der Waals surface area contributed by atoms with Crippen LogP contribution in [-0.2, 0) is 0 Å². The lowest BCUT2D eigenvalue weighted by atomic mass is 10.1. The molecule has 0 bridgehead atoms. The lowest BCUT2D eigenvalue weighted by Gasteiger charge is -2.24. The Kier molecular flexibility index (Phi) is 3.27. The molecule has 1 fully saturated rings. The minimum atomic E-state index is 0.267. The first-order valence-corrected chi connectivity index (χ1v) is 5.36. The number of piperidine rings is 1. The third-order valence-electron chi connectivity index (χ3n) is 2.38. The van der Waals surface area contributed by atoms with E-state index in [-0.39, 0.29) is 6.10 Å². The highest BCUT2D eigenvalue weighted by atomic mass is 35.5. The van der Waals surface area contributed by atoms with E-state index in [1.807, 2.05) is 24.3 Å². The molecule has 0 aliphatic carbocycles.